The normalized spacial score (nSPS) is 11.2. The smallest absolute Gasteiger partial charge is 0.368 e. The van der Waals surface area contributed by atoms with Gasteiger partial charge in [0.1, 0.15) is 11.6 Å². The lowest BCUT2D eigenvalue weighted by atomic mass is 10.3. The standard InChI is InChI=1S/C13H12ClF3N4/c14-10-2-4-12(21-8-10)19-6-5-18-11-3-1-9(7-20-11)13(15,16)17/h1-4,7-8H,5-6H2,(H,18,20)(H,19,21). The van der Waals surface area contributed by atoms with E-state index in [2.05, 4.69) is 20.6 Å². The van der Waals surface area contributed by atoms with Crippen molar-refractivity contribution in [1.82, 2.24) is 9.97 Å². The summed E-state index contributed by atoms with van der Waals surface area (Å²) in [7, 11) is 0. The van der Waals surface area contributed by atoms with E-state index in [0.29, 0.717) is 29.7 Å². The molecule has 0 atom stereocenters. The lowest BCUT2D eigenvalue weighted by Gasteiger charge is -2.09. The molecule has 0 aliphatic carbocycles. The molecule has 0 aliphatic heterocycles. The van der Waals surface area contributed by atoms with Crippen molar-refractivity contribution >= 4 is 23.2 Å². The zero-order valence-corrected chi connectivity index (χ0v) is 11.5. The van der Waals surface area contributed by atoms with Gasteiger partial charge in [-0.15, -0.1) is 0 Å². The SMILES string of the molecule is FC(F)(F)c1ccc(NCCNc2ccc(Cl)cn2)nc1. The van der Waals surface area contributed by atoms with E-state index in [1.807, 2.05) is 0 Å². The van der Waals surface area contributed by atoms with Gasteiger partial charge in [-0.25, -0.2) is 9.97 Å². The Labute approximate surface area is 124 Å². The summed E-state index contributed by atoms with van der Waals surface area (Å²) in [5.41, 5.74) is -0.767. The first-order valence-electron chi connectivity index (χ1n) is 6.08. The Morgan fingerprint density at radius 2 is 1.48 bits per heavy atom. The molecular formula is C13H12ClF3N4. The molecule has 0 radical (unpaired) electrons. The zero-order chi connectivity index (χ0) is 15.3. The largest absolute Gasteiger partial charge is 0.417 e. The second-order valence-electron chi connectivity index (χ2n) is 4.15. The first-order valence-corrected chi connectivity index (χ1v) is 6.45. The number of aromatic nitrogens is 2. The third kappa shape index (κ3) is 4.78. The second-order valence-corrected chi connectivity index (χ2v) is 4.58. The van der Waals surface area contributed by atoms with Crippen LogP contribution >= 0.6 is 11.6 Å². The molecule has 0 amide bonds. The van der Waals surface area contributed by atoms with Crippen LogP contribution < -0.4 is 10.6 Å². The summed E-state index contributed by atoms with van der Waals surface area (Å²) in [5, 5.41) is 6.50. The van der Waals surface area contributed by atoms with E-state index < -0.39 is 11.7 Å². The Morgan fingerprint density at radius 1 is 0.905 bits per heavy atom. The number of pyridine rings is 2. The predicted octanol–water partition coefficient (Wildman–Crippen LogP) is 3.67. The first kappa shape index (κ1) is 15.4. The monoisotopic (exact) mass is 316 g/mol. The third-order valence-corrected chi connectivity index (χ3v) is 2.78. The van der Waals surface area contributed by atoms with Crippen molar-refractivity contribution in [2.75, 3.05) is 23.7 Å². The average Bonchev–Trinajstić information content (AvgIpc) is 2.45. The van der Waals surface area contributed by atoms with E-state index in [1.165, 1.54) is 12.3 Å². The molecule has 0 fully saturated rings. The molecule has 2 aromatic rings. The van der Waals surface area contributed by atoms with Gasteiger partial charge in [-0.05, 0) is 24.3 Å². The minimum atomic E-state index is -4.37. The maximum Gasteiger partial charge on any atom is 0.417 e. The number of hydrogen-bond acceptors (Lipinski definition) is 4. The highest BCUT2D eigenvalue weighted by Gasteiger charge is 2.30. The van der Waals surface area contributed by atoms with Crippen LogP contribution in [0, 0.1) is 0 Å². The Balaban J connectivity index is 1.77. The molecule has 2 aromatic heterocycles. The van der Waals surface area contributed by atoms with E-state index in [0.717, 1.165) is 12.3 Å². The molecule has 0 aliphatic rings. The summed E-state index contributed by atoms with van der Waals surface area (Å²) in [4.78, 5) is 7.76. The number of hydrogen-bond donors (Lipinski definition) is 2. The van der Waals surface area contributed by atoms with E-state index in [1.54, 1.807) is 12.1 Å². The summed E-state index contributed by atoms with van der Waals surface area (Å²) in [6, 6.07) is 5.73. The fourth-order valence-electron chi connectivity index (χ4n) is 1.53. The van der Waals surface area contributed by atoms with Crippen LogP contribution in [0.5, 0.6) is 0 Å². The van der Waals surface area contributed by atoms with Crippen molar-refractivity contribution in [2.24, 2.45) is 0 Å². The zero-order valence-electron chi connectivity index (χ0n) is 10.8. The van der Waals surface area contributed by atoms with Gasteiger partial charge < -0.3 is 10.6 Å². The topological polar surface area (TPSA) is 49.8 Å². The van der Waals surface area contributed by atoms with E-state index in [4.69, 9.17) is 11.6 Å². The Bertz CT molecular complexity index is 569. The van der Waals surface area contributed by atoms with Gasteiger partial charge in [0.25, 0.3) is 0 Å². The van der Waals surface area contributed by atoms with Crippen molar-refractivity contribution in [2.45, 2.75) is 6.18 Å². The van der Waals surface area contributed by atoms with Gasteiger partial charge in [-0.3, -0.25) is 0 Å². The molecule has 2 rings (SSSR count). The van der Waals surface area contributed by atoms with Gasteiger partial charge in [0.15, 0.2) is 0 Å². The molecule has 21 heavy (non-hydrogen) atoms. The molecule has 8 heteroatoms. The highest BCUT2D eigenvalue weighted by Crippen LogP contribution is 2.28. The van der Waals surface area contributed by atoms with Crippen molar-refractivity contribution < 1.29 is 13.2 Å². The van der Waals surface area contributed by atoms with Gasteiger partial charge in [-0.2, -0.15) is 13.2 Å². The van der Waals surface area contributed by atoms with Gasteiger partial charge in [0.05, 0.1) is 10.6 Å². The summed E-state index contributed by atoms with van der Waals surface area (Å²) in [6.45, 7) is 1.03. The number of nitrogens with zero attached hydrogens (tertiary/aromatic N) is 2. The Hall–Kier alpha value is -2.02. The van der Waals surface area contributed by atoms with Gasteiger partial charge >= 0.3 is 6.18 Å². The molecule has 2 N–H and O–H groups in total. The van der Waals surface area contributed by atoms with Crippen molar-refractivity contribution in [3.8, 4) is 0 Å². The van der Waals surface area contributed by atoms with Crippen LogP contribution in [-0.4, -0.2) is 23.1 Å². The molecule has 4 nitrogen and oxygen atoms in total. The summed E-state index contributed by atoms with van der Waals surface area (Å²) in [5.74, 6) is 1.05. The van der Waals surface area contributed by atoms with Crippen LogP contribution in [-0.2, 0) is 6.18 Å². The summed E-state index contributed by atoms with van der Waals surface area (Å²) < 4.78 is 37.1. The van der Waals surface area contributed by atoms with Crippen LogP contribution in [0.4, 0.5) is 24.8 Å². The Kier molecular flexibility index (Phi) is 4.85. The minimum Gasteiger partial charge on any atom is -0.368 e. The quantitative estimate of drug-likeness (QED) is 0.826. The fourth-order valence-corrected chi connectivity index (χ4v) is 1.64. The van der Waals surface area contributed by atoms with Crippen LogP contribution in [0.15, 0.2) is 36.7 Å². The molecule has 112 valence electrons. The molecule has 2 heterocycles. The first-order chi connectivity index (χ1) is 9.95. The minimum absolute atomic E-state index is 0.383. The van der Waals surface area contributed by atoms with Gasteiger partial charge in [0.2, 0.25) is 0 Å². The third-order valence-electron chi connectivity index (χ3n) is 2.56. The van der Waals surface area contributed by atoms with Gasteiger partial charge in [-0.1, -0.05) is 11.6 Å². The number of alkyl halides is 3. The maximum atomic E-state index is 12.4. The average molecular weight is 317 g/mol. The second kappa shape index (κ2) is 6.62. The van der Waals surface area contributed by atoms with E-state index in [-0.39, 0.29) is 0 Å². The van der Waals surface area contributed by atoms with Crippen molar-refractivity contribution in [1.29, 1.82) is 0 Å². The highest BCUT2D eigenvalue weighted by atomic mass is 35.5. The number of rotatable bonds is 5. The molecule has 0 saturated carbocycles. The highest BCUT2D eigenvalue weighted by molar-refractivity contribution is 6.30. The Morgan fingerprint density at radius 3 is 1.90 bits per heavy atom. The number of nitrogens with one attached hydrogen (secondary N) is 2. The molecule has 0 aromatic carbocycles. The molecule has 0 unspecified atom stereocenters. The fraction of sp³-hybridized carbons (Fsp3) is 0.231. The van der Waals surface area contributed by atoms with Gasteiger partial charge in [0, 0.05) is 25.5 Å². The summed E-state index contributed by atoms with van der Waals surface area (Å²) >= 11 is 5.71. The van der Waals surface area contributed by atoms with Crippen LogP contribution in [0.3, 0.4) is 0 Å². The van der Waals surface area contributed by atoms with E-state index in [9.17, 15) is 13.2 Å². The van der Waals surface area contributed by atoms with Crippen LogP contribution in [0.25, 0.3) is 0 Å². The van der Waals surface area contributed by atoms with Crippen LogP contribution in [0.1, 0.15) is 5.56 Å². The molecular weight excluding hydrogens is 305 g/mol. The molecule has 0 bridgehead atoms. The number of anilines is 2. The summed E-state index contributed by atoms with van der Waals surface area (Å²) in [6.07, 6.45) is -2.04. The molecule has 0 spiro atoms. The van der Waals surface area contributed by atoms with Crippen LogP contribution in [0.2, 0.25) is 5.02 Å². The molecule has 0 saturated heterocycles. The lowest BCUT2D eigenvalue weighted by Crippen LogP contribution is -2.15. The van der Waals surface area contributed by atoms with Crippen molar-refractivity contribution in [3.05, 3.63) is 47.2 Å². The van der Waals surface area contributed by atoms with Crippen molar-refractivity contribution in [3.63, 3.8) is 0 Å². The predicted molar refractivity (Wildman–Crippen MR) is 75.5 cm³/mol. The number of halogens is 4. The maximum absolute atomic E-state index is 12.4. The van der Waals surface area contributed by atoms with E-state index >= 15 is 0 Å². The lowest BCUT2D eigenvalue weighted by molar-refractivity contribution is -0.137.